The summed E-state index contributed by atoms with van der Waals surface area (Å²) in [4.78, 5) is 12.1. The molecule has 0 bridgehead atoms. The summed E-state index contributed by atoms with van der Waals surface area (Å²) < 4.78 is 12.3. The van der Waals surface area contributed by atoms with Crippen LogP contribution in [0.3, 0.4) is 0 Å². The Morgan fingerprint density at radius 1 is 1.45 bits per heavy atom. The molecular formula is C16H19N3O3. The molecule has 6 heteroatoms. The smallest absolute Gasteiger partial charge is 0.242 e. The number of fused-ring (bicyclic) bond motifs is 1. The van der Waals surface area contributed by atoms with Crippen LogP contribution < -0.4 is 10.1 Å². The number of aromatic nitrogens is 2. The van der Waals surface area contributed by atoms with Gasteiger partial charge in [-0.05, 0) is 6.07 Å². The first-order valence-corrected chi connectivity index (χ1v) is 7.28. The Morgan fingerprint density at radius 2 is 2.32 bits per heavy atom. The molecule has 0 saturated heterocycles. The van der Waals surface area contributed by atoms with Crippen molar-refractivity contribution in [2.75, 3.05) is 13.7 Å². The molecule has 1 aromatic carbocycles. The molecule has 0 saturated carbocycles. The van der Waals surface area contributed by atoms with Gasteiger partial charge in [-0.3, -0.25) is 9.48 Å². The van der Waals surface area contributed by atoms with Gasteiger partial charge in [0.25, 0.3) is 0 Å². The van der Waals surface area contributed by atoms with Crippen molar-refractivity contribution in [1.29, 1.82) is 0 Å². The molecular weight excluding hydrogens is 282 g/mol. The minimum atomic E-state index is -0.0772. The SMILES string of the molecule is COc1ccccc1CNC(=O)Cn1cc2c(n1)CCOC2. The van der Waals surface area contributed by atoms with Crippen LogP contribution in [0.4, 0.5) is 0 Å². The fourth-order valence-corrected chi connectivity index (χ4v) is 2.51. The molecule has 1 aliphatic heterocycles. The number of carbonyl (C=O) groups is 1. The Balaban J connectivity index is 1.57. The van der Waals surface area contributed by atoms with E-state index >= 15 is 0 Å². The summed E-state index contributed by atoms with van der Waals surface area (Å²) in [6.45, 7) is 1.93. The summed E-state index contributed by atoms with van der Waals surface area (Å²) in [6, 6.07) is 7.64. The third kappa shape index (κ3) is 3.28. The molecule has 1 aliphatic rings. The minimum absolute atomic E-state index is 0.0772. The molecule has 2 heterocycles. The van der Waals surface area contributed by atoms with Crippen LogP contribution in [-0.4, -0.2) is 29.4 Å². The normalized spacial score (nSPS) is 13.5. The van der Waals surface area contributed by atoms with E-state index in [1.165, 1.54) is 0 Å². The summed E-state index contributed by atoms with van der Waals surface area (Å²) in [7, 11) is 1.62. The van der Waals surface area contributed by atoms with Crippen molar-refractivity contribution in [3.8, 4) is 5.75 Å². The van der Waals surface area contributed by atoms with E-state index in [1.807, 2.05) is 30.5 Å². The molecule has 1 N–H and O–H groups in total. The highest BCUT2D eigenvalue weighted by molar-refractivity contribution is 5.75. The van der Waals surface area contributed by atoms with E-state index in [1.54, 1.807) is 11.8 Å². The fraction of sp³-hybridized carbons (Fsp3) is 0.375. The van der Waals surface area contributed by atoms with Crippen LogP contribution in [0.2, 0.25) is 0 Å². The van der Waals surface area contributed by atoms with Crippen LogP contribution >= 0.6 is 0 Å². The van der Waals surface area contributed by atoms with E-state index in [2.05, 4.69) is 10.4 Å². The molecule has 1 aromatic heterocycles. The van der Waals surface area contributed by atoms with Crippen LogP contribution in [-0.2, 0) is 35.6 Å². The number of nitrogens with zero attached hydrogens (tertiary/aromatic N) is 2. The van der Waals surface area contributed by atoms with Gasteiger partial charge in [0.05, 0.1) is 26.0 Å². The van der Waals surface area contributed by atoms with Gasteiger partial charge >= 0.3 is 0 Å². The summed E-state index contributed by atoms with van der Waals surface area (Å²) in [5, 5.41) is 7.32. The lowest BCUT2D eigenvalue weighted by Gasteiger charge is -2.09. The second-order valence-electron chi connectivity index (χ2n) is 5.19. The largest absolute Gasteiger partial charge is 0.496 e. The van der Waals surface area contributed by atoms with Gasteiger partial charge in [0, 0.05) is 30.3 Å². The number of carbonyl (C=O) groups excluding carboxylic acids is 1. The zero-order valence-corrected chi connectivity index (χ0v) is 12.5. The molecule has 116 valence electrons. The number of para-hydroxylation sites is 1. The molecule has 0 atom stereocenters. The van der Waals surface area contributed by atoms with Crippen LogP contribution in [0, 0.1) is 0 Å². The first-order valence-electron chi connectivity index (χ1n) is 7.28. The maximum absolute atomic E-state index is 12.1. The highest BCUT2D eigenvalue weighted by Crippen LogP contribution is 2.17. The first kappa shape index (κ1) is 14.6. The number of rotatable bonds is 5. The number of hydrogen-bond acceptors (Lipinski definition) is 4. The average molecular weight is 301 g/mol. The van der Waals surface area contributed by atoms with Gasteiger partial charge in [0.2, 0.25) is 5.91 Å². The lowest BCUT2D eigenvalue weighted by atomic mass is 10.2. The van der Waals surface area contributed by atoms with Crippen LogP contribution in [0.15, 0.2) is 30.5 Å². The van der Waals surface area contributed by atoms with E-state index in [4.69, 9.17) is 9.47 Å². The topological polar surface area (TPSA) is 65.4 Å². The third-order valence-electron chi connectivity index (χ3n) is 3.64. The molecule has 22 heavy (non-hydrogen) atoms. The molecule has 0 radical (unpaired) electrons. The second-order valence-corrected chi connectivity index (χ2v) is 5.19. The number of amides is 1. The first-order chi connectivity index (χ1) is 10.8. The van der Waals surface area contributed by atoms with Crippen molar-refractivity contribution in [1.82, 2.24) is 15.1 Å². The summed E-state index contributed by atoms with van der Waals surface area (Å²) >= 11 is 0. The highest BCUT2D eigenvalue weighted by atomic mass is 16.5. The van der Waals surface area contributed by atoms with Gasteiger partial charge in [0.15, 0.2) is 0 Å². The van der Waals surface area contributed by atoms with Crippen molar-refractivity contribution in [2.24, 2.45) is 0 Å². The summed E-state index contributed by atoms with van der Waals surface area (Å²) in [5.74, 6) is 0.696. The van der Waals surface area contributed by atoms with Crippen LogP contribution in [0.5, 0.6) is 5.75 Å². The molecule has 0 aliphatic carbocycles. The highest BCUT2D eigenvalue weighted by Gasteiger charge is 2.15. The van der Waals surface area contributed by atoms with Crippen LogP contribution in [0.25, 0.3) is 0 Å². The lowest BCUT2D eigenvalue weighted by molar-refractivity contribution is -0.122. The van der Waals surface area contributed by atoms with Gasteiger partial charge in [-0.25, -0.2) is 0 Å². The van der Waals surface area contributed by atoms with Gasteiger partial charge in [-0.15, -0.1) is 0 Å². The number of benzene rings is 1. The van der Waals surface area contributed by atoms with Gasteiger partial charge < -0.3 is 14.8 Å². The molecule has 2 aromatic rings. The molecule has 6 nitrogen and oxygen atoms in total. The Kier molecular flexibility index (Phi) is 4.39. The van der Waals surface area contributed by atoms with Crippen molar-refractivity contribution >= 4 is 5.91 Å². The number of nitrogens with one attached hydrogen (secondary N) is 1. The van der Waals surface area contributed by atoms with Crippen molar-refractivity contribution in [3.05, 3.63) is 47.3 Å². The molecule has 1 amide bonds. The van der Waals surface area contributed by atoms with Gasteiger partial charge in [-0.2, -0.15) is 5.10 Å². The van der Waals surface area contributed by atoms with Crippen molar-refractivity contribution in [3.63, 3.8) is 0 Å². The van der Waals surface area contributed by atoms with Crippen molar-refractivity contribution in [2.45, 2.75) is 26.1 Å². The maximum atomic E-state index is 12.1. The number of ether oxygens (including phenoxy) is 2. The Labute approximate surface area is 129 Å². The zero-order valence-electron chi connectivity index (χ0n) is 12.5. The molecule has 0 fully saturated rings. The Morgan fingerprint density at radius 3 is 3.14 bits per heavy atom. The number of methoxy groups -OCH3 is 1. The Hall–Kier alpha value is -2.34. The van der Waals surface area contributed by atoms with Gasteiger partial charge in [0.1, 0.15) is 12.3 Å². The monoisotopic (exact) mass is 301 g/mol. The standard InChI is InChI=1S/C16H19N3O3/c1-21-15-5-3-2-4-12(15)8-17-16(20)10-19-9-13-11-22-7-6-14(13)18-19/h2-5,9H,6-8,10-11H2,1H3,(H,17,20). The molecule has 3 rings (SSSR count). The van der Waals surface area contributed by atoms with E-state index in [9.17, 15) is 4.79 Å². The van der Waals surface area contributed by atoms with Crippen LogP contribution in [0.1, 0.15) is 16.8 Å². The van der Waals surface area contributed by atoms with E-state index in [-0.39, 0.29) is 12.5 Å². The zero-order chi connectivity index (χ0) is 15.4. The Bertz CT molecular complexity index is 643. The van der Waals surface area contributed by atoms with E-state index < -0.39 is 0 Å². The molecule has 0 spiro atoms. The predicted molar refractivity (Wildman–Crippen MR) is 80.4 cm³/mol. The van der Waals surface area contributed by atoms with Crippen molar-refractivity contribution < 1.29 is 14.3 Å². The second kappa shape index (κ2) is 6.62. The molecule has 0 unspecified atom stereocenters. The van der Waals surface area contributed by atoms with Gasteiger partial charge in [-0.1, -0.05) is 18.2 Å². The fourth-order valence-electron chi connectivity index (χ4n) is 2.51. The van der Waals surface area contributed by atoms with E-state index in [0.29, 0.717) is 19.8 Å². The quantitative estimate of drug-likeness (QED) is 0.903. The lowest BCUT2D eigenvalue weighted by Crippen LogP contribution is -2.27. The minimum Gasteiger partial charge on any atom is -0.496 e. The van der Waals surface area contributed by atoms with E-state index in [0.717, 1.165) is 29.0 Å². The average Bonchev–Trinajstić information content (AvgIpc) is 2.95. The number of hydrogen-bond donors (Lipinski definition) is 1. The predicted octanol–water partition coefficient (Wildman–Crippen LogP) is 1.28. The summed E-state index contributed by atoms with van der Waals surface area (Å²) in [5.41, 5.74) is 3.05. The summed E-state index contributed by atoms with van der Waals surface area (Å²) in [6.07, 6.45) is 2.70. The third-order valence-corrected chi connectivity index (χ3v) is 3.64. The maximum Gasteiger partial charge on any atom is 0.242 e.